The average molecular weight is 323 g/mol. The quantitative estimate of drug-likeness (QED) is 0.912. The molecule has 1 amide bonds. The van der Waals surface area contributed by atoms with Crippen LogP contribution in [-0.2, 0) is 4.79 Å². The van der Waals surface area contributed by atoms with E-state index in [-0.39, 0.29) is 30.2 Å². The van der Waals surface area contributed by atoms with E-state index in [1.807, 2.05) is 30.3 Å². The molecule has 0 aliphatic heterocycles. The van der Waals surface area contributed by atoms with Crippen LogP contribution >= 0.6 is 12.4 Å². The fraction of sp³-hybridized carbons (Fsp3) is 0.235. The zero-order valence-electron chi connectivity index (χ0n) is 12.4. The van der Waals surface area contributed by atoms with E-state index in [1.54, 1.807) is 19.2 Å². The van der Waals surface area contributed by atoms with Crippen molar-refractivity contribution in [3.05, 3.63) is 66.0 Å². The summed E-state index contributed by atoms with van der Waals surface area (Å²) in [6.07, 6.45) is 0.929. The Kier molecular flexibility index (Phi) is 7.02. The molecule has 0 fully saturated rings. The molecule has 3 nitrogen and oxygen atoms in total. The summed E-state index contributed by atoms with van der Waals surface area (Å²) in [5, 5.41) is 0. The van der Waals surface area contributed by atoms with Crippen LogP contribution in [0.1, 0.15) is 24.4 Å². The molecule has 0 saturated heterocycles. The van der Waals surface area contributed by atoms with Gasteiger partial charge in [-0.15, -0.1) is 12.4 Å². The molecule has 0 spiro atoms. The van der Waals surface area contributed by atoms with Gasteiger partial charge in [-0.1, -0.05) is 30.3 Å². The van der Waals surface area contributed by atoms with Crippen molar-refractivity contribution in [3.8, 4) is 0 Å². The maximum atomic E-state index is 12.9. The van der Waals surface area contributed by atoms with Crippen molar-refractivity contribution in [2.75, 3.05) is 11.9 Å². The first-order valence-corrected chi connectivity index (χ1v) is 6.90. The first-order valence-electron chi connectivity index (χ1n) is 6.90. The van der Waals surface area contributed by atoms with Gasteiger partial charge in [-0.05, 0) is 36.2 Å². The standard InChI is InChI=1S/C17H19FN2O.ClH/c1-20(15-9-7-14(18)8-10-15)17(21)12-11-16(19)13-5-3-2-4-6-13;/h2-10,16H,11-12,19H2,1H3;1H. The molecular formula is C17H20ClFN2O. The minimum atomic E-state index is -0.314. The highest BCUT2D eigenvalue weighted by Crippen LogP contribution is 2.18. The first kappa shape index (κ1) is 18.1. The fourth-order valence-corrected chi connectivity index (χ4v) is 2.12. The number of nitrogens with zero attached hydrogens (tertiary/aromatic N) is 1. The van der Waals surface area contributed by atoms with Gasteiger partial charge in [0.1, 0.15) is 5.82 Å². The molecule has 22 heavy (non-hydrogen) atoms. The third-order valence-electron chi connectivity index (χ3n) is 3.48. The van der Waals surface area contributed by atoms with Crippen LogP contribution in [0.5, 0.6) is 0 Å². The van der Waals surface area contributed by atoms with Crippen LogP contribution in [-0.4, -0.2) is 13.0 Å². The summed E-state index contributed by atoms with van der Waals surface area (Å²) < 4.78 is 12.9. The lowest BCUT2D eigenvalue weighted by atomic mass is 10.0. The molecule has 0 aliphatic rings. The summed E-state index contributed by atoms with van der Waals surface area (Å²) in [6.45, 7) is 0. The number of rotatable bonds is 5. The molecule has 0 saturated carbocycles. The molecule has 2 rings (SSSR count). The smallest absolute Gasteiger partial charge is 0.226 e. The number of carbonyl (C=O) groups excluding carboxylic acids is 1. The van der Waals surface area contributed by atoms with Gasteiger partial charge in [0, 0.05) is 25.2 Å². The predicted molar refractivity (Wildman–Crippen MR) is 89.7 cm³/mol. The Bertz CT molecular complexity index is 589. The van der Waals surface area contributed by atoms with Gasteiger partial charge in [0.05, 0.1) is 0 Å². The summed E-state index contributed by atoms with van der Waals surface area (Å²) >= 11 is 0. The van der Waals surface area contributed by atoms with Crippen LogP contribution in [0.15, 0.2) is 54.6 Å². The van der Waals surface area contributed by atoms with Crippen LogP contribution in [0, 0.1) is 5.82 Å². The molecule has 0 bridgehead atoms. The molecule has 0 aromatic heterocycles. The molecule has 2 N–H and O–H groups in total. The van der Waals surface area contributed by atoms with Crippen molar-refractivity contribution in [1.29, 1.82) is 0 Å². The zero-order valence-corrected chi connectivity index (χ0v) is 13.2. The summed E-state index contributed by atoms with van der Waals surface area (Å²) in [5.74, 6) is -0.348. The molecule has 1 atom stereocenters. The molecule has 0 radical (unpaired) electrons. The first-order chi connectivity index (χ1) is 10.1. The molecule has 118 valence electrons. The number of amides is 1. The van der Waals surface area contributed by atoms with Crippen molar-refractivity contribution in [2.45, 2.75) is 18.9 Å². The topological polar surface area (TPSA) is 46.3 Å². The SMILES string of the molecule is CN(C(=O)CCC(N)c1ccccc1)c1ccc(F)cc1.Cl. The lowest BCUT2D eigenvalue weighted by molar-refractivity contribution is -0.118. The Morgan fingerprint density at radius 1 is 1.14 bits per heavy atom. The van der Waals surface area contributed by atoms with Gasteiger partial charge >= 0.3 is 0 Å². The maximum absolute atomic E-state index is 12.9. The number of hydrogen-bond donors (Lipinski definition) is 1. The Labute approximate surface area is 136 Å². The van der Waals surface area contributed by atoms with Crippen LogP contribution in [0.3, 0.4) is 0 Å². The van der Waals surface area contributed by atoms with E-state index >= 15 is 0 Å². The van der Waals surface area contributed by atoms with Crippen molar-refractivity contribution < 1.29 is 9.18 Å². The van der Waals surface area contributed by atoms with E-state index in [2.05, 4.69) is 0 Å². The third kappa shape index (κ3) is 4.83. The Morgan fingerprint density at radius 2 is 1.73 bits per heavy atom. The van der Waals surface area contributed by atoms with Crippen molar-refractivity contribution in [2.24, 2.45) is 5.73 Å². The Balaban J connectivity index is 0.00000242. The molecule has 2 aromatic carbocycles. The number of carbonyl (C=O) groups is 1. The molecule has 0 aliphatic carbocycles. The highest BCUT2D eigenvalue weighted by atomic mass is 35.5. The Morgan fingerprint density at radius 3 is 2.32 bits per heavy atom. The summed E-state index contributed by atoms with van der Waals surface area (Å²) in [7, 11) is 1.68. The lowest BCUT2D eigenvalue weighted by Crippen LogP contribution is -2.27. The predicted octanol–water partition coefficient (Wildman–Crippen LogP) is 3.69. The van der Waals surface area contributed by atoms with Gasteiger partial charge in [-0.3, -0.25) is 4.79 Å². The van der Waals surface area contributed by atoms with Crippen molar-refractivity contribution >= 4 is 24.0 Å². The molecule has 0 heterocycles. The number of benzene rings is 2. The van der Waals surface area contributed by atoms with Gasteiger partial charge in [0.25, 0.3) is 0 Å². The number of nitrogens with two attached hydrogens (primary N) is 1. The minimum absolute atomic E-state index is 0. The van der Waals surface area contributed by atoms with E-state index in [4.69, 9.17) is 5.73 Å². The summed E-state index contributed by atoms with van der Waals surface area (Å²) in [6, 6.07) is 15.4. The minimum Gasteiger partial charge on any atom is -0.324 e. The molecule has 5 heteroatoms. The van der Waals surface area contributed by atoms with E-state index in [9.17, 15) is 9.18 Å². The van der Waals surface area contributed by atoms with E-state index in [0.29, 0.717) is 18.5 Å². The number of anilines is 1. The second-order valence-corrected chi connectivity index (χ2v) is 4.99. The molecule has 1 unspecified atom stereocenters. The maximum Gasteiger partial charge on any atom is 0.226 e. The average Bonchev–Trinajstić information content (AvgIpc) is 2.53. The normalized spacial score (nSPS) is 11.4. The fourth-order valence-electron chi connectivity index (χ4n) is 2.12. The molecule has 2 aromatic rings. The van der Waals surface area contributed by atoms with Gasteiger partial charge in [0.2, 0.25) is 5.91 Å². The largest absolute Gasteiger partial charge is 0.324 e. The van der Waals surface area contributed by atoms with Crippen molar-refractivity contribution in [1.82, 2.24) is 0 Å². The van der Waals surface area contributed by atoms with Crippen LogP contribution in [0.4, 0.5) is 10.1 Å². The van der Waals surface area contributed by atoms with Gasteiger partial charge in [-0.2, -0.15) is 0 Å². The van der Waals surface area contributed by atoms with Crippen LogP contribution in [0.2, 0.25) is 0 Å². The summed E-state index contributed by atoms with van der Waals surface area (Å²) in [5.41, 5.74) is 7.78. The highest BCUT2D eigenvalue weighted by molar-refractivity contribution is 5.92. The van der Waals surface area contributed by atoms with Crippen LogP contribution < -0.4 is 10.6 Å². The van der Waals surface area contributed by atoms with E-state index in [1.165, 1.54) is 17.0 Å². The highest BCUT2D eigenvalue weighted by Gasteiger charge is 2.13. The zero-order chi connectivity index (χ0) is 15.2. The lowest BCUT2D eigenvalue weighted by Gasteiger charge is -2.19. The van der Waals surface area contributed by atoms with Crippen LogP contribution in [0.25, 0.3) is 0 Å². The Hall–Kier alpha value is -1.91. The molecular weight excluding hydrogens is 303 g/mol. The van der Waals surface area contributed by atoms with Crippen molar-refractivity contribution in [3.63, 3.8) is 0 Å². The van der Waals surface area contributed by atoms with E-state index < -0.39 is 0 Å². The van der Waals surface area contributed by atoms with Gasteiger partial charge < -0.3 is 10.6 Å². The monoisotopic (exact) mass is 322 g/mol. The second-order valence-electron chi connectivity index (χ2n) is 4.99. The third-order valence-corrected chi connectivity index (χ3v) is 3.48. The summed E-state index contributed by atoms with van der Waals surface area (Å²) in [4.78, 5) is 13.7. The van der Waals surface area contributed by atoms with E-state index in [0.717, 1.165) is 5.56 Å². The van der Waals surface area contributed by atoms with Gasteiger partial charge in [0.15, 0.2) is 0 Å². The van der Waals surface area contributed by atoms with Gasteiger partial charge in [-0.25, -0.2) is 4.39 Å². The second kappa shape index (κ2) is 8.51. The number of hydrogen-bond acceptors (Lipinski definition) is 2. The number of halogens is 2.